The maximum absolute atomic E-state index is 6.33. The Labute approximate surface area is 143 Å². The summed E-state index contributed by atoms with van der Waals surface area (Å²) >= 11 is 12.4. The zero-order valence-electron chi connectivity index (χ0n) is 11.1. The zero-order chi connectivity index (χ0) is 13.0. The van der Waals surface area contributed by atoms with Crippen molar-refractivity contribution in [1.29, 1.82) is 0 Å². The van der Waals surface area contributed by atoms with Crippen LogP contribution in [0.25, 0.3) is 0 Å². The summed E-state index contributed by atoms with van der Waals surface area (Å²) in [6.45, 7) is 7.95. The van der Waals surface area contributed by atoms with Gasteiger partial charge in [-0.25, -0.2) is 0 Å². The molecular formula is C14H20Cl4N2. The predicted octanol–water partition coefficient (Wildman–Crippen LogP) is 4.36. The highest BCUT2D eigenvalue weighted by Gasteiger charge is 2.23. The molecule has 1 aliphatic heterocycles. The lowest BCUT2D eigenvalue weighted by Gasteiger charge is -2.35. The second-order valence-electron chi connectivity index (χ2n) is 4.47. The van der Waals surface area contributed by atoms with E-state index in [1.807, 2.05) is 18.2 Å². The van der Waals surface area contributed by atoms with Gasteiger partial charge in [-0.05, 0) is 18.1 Å². The highest BCUT2D eigenvalue weighted by molar-refractivity contribution is 6.42. The molecule has 114 valence electrons. The number of nitrogens with zero attached hydrogens (tertiary/aromatic N) is 1. The first-order valence-electron chi connectivity index (χ1n) is 6.23. The van der Waals surface area contributed by atoms with Crippen LogP contribution in [0.1, 0.15) is 18.0 Å². The maximum Gasteiger partial charge on any atom is 0.0640 e. The monoisotopic (exact) mass is 356 g/mol. The number of hydrogen-bond acceptors (Lipinski definition) is 2. The predicted molar refractivity (Wildman–Crippen MR) is 93.0 cm³/mol. The van der Waals surface area contributed by atoms with E-state index in [-0.39, 0.29) is 30.9 Å². The van der Waals surface area contributed by atoms with E-state index in [2.05, 4.69) is 22.9 Å². The third-order valence-corrected chi connectivity index (χ3v) is 4.16. The van der Waals surface area contributed by atoms with E-state index < -0.39 is 0 Å². The van der Waals surface area contributed by atoms with Gasteiger partial charge in [-0.2, -0.15) is 0 Å². The van der Waals surface area contributed by atoms with Gasteiger partial charge in [0.25, 0.3) is 0 Å². The Morgan fingerprint density at radius 2 is 1.90 bits per heavy atom. The van der Waals surface area contributed by atoms with Gasteiger partial charge in [0.15, 0.2) is 0 Å². The van der Waals surface area contributed by atoms with Crippen LogP contribution in [-0.4, -0.2) is 31.1 Å². The van der Waals surface area contributed by atoms with Gasteiger partial charge in [0.05, 0.1) is 10.0 Å². The highest BCUT2D eigenvalue weighted by Crippen LogP contribution is 2.34. The standard InChI is InChI=1S/C14H18Cl2N2.2ClH/c1-2-4-13(18-9-7-17-8-10-18)11-5-3-6-12(15)14(11)16;;/h2-3,5-6,13,17H,1,4,7-10H2;2*1H/t13-;;/m1../s1. The molecule has 0 radical (unpaired) electrons. The van der Waals surface area contributed by atoms with Crippen molar-refractivity contribution >= 4 is 48.0 Å². The molecule has 1 saturated heterocycles. The Kier molecular flexibility index (Phi) is 9.90. The molecule has 0 unspecified atom stereocenters. The van der Waals surface area contributed by atoms with Gasteiger partial charge in [0.1, 0.15) is 0 Å². The Bertz CT molecular complexity index is 420. The van der Waals surface area contributed by atoms with Crippen molar-refractivity contribution in [3.05, 3.63) is 46.5 Å². The summed E-state index contributed by atoms with van der Waals surface area (Å²) in [5.41, 5.74) is 1.10. The molecule has 0 spiro atoms. The van der Waals surface area contributed by atoms with E-state index in [0.29, 0.717) is 10.0 Å². The van der Waals surface area contributed by atoms with E-state index in [0.717, 1.165) is 38.2 Å². The summed E-state index contributed by atoms with van der Waals surface area (Å²) in [4.78, 5) is 2.44. The van der Waals surface area contributed by atoms with Crippen LogP contribution < -0.4 is 5.32 Å². The van der Waals surface area contributed by atoms with Gasteiger partial charge >= 0.3 is 0 Å². The Morgan fingerprint density at radius 3 is 2.50 bits per heavy atom. The fourth-order valence-electron chi connectivity index (χ4n) is 2.40. The molecule has 1 aromatic rings. The molecule has 0 aliphatic carbocycles. The summed E-state index contributed by atoms with van der Waals surface area (Å²) in [5.74, 6) is 0. The summed E-state index contributed by atoms with van der Waals surface area (Å²) in [6, 6.07) is 6.12. The summed E-state index contributed by atoms with van der Waals surface area (Å²) in [6.07, 6.45) is 2.84. The molecule has 1 N–H and O–H groups in total. The molecular weight excluding hydrogens is 338 g/mol. The highest BCUT2D eigenvalue weighted by atomic mass is 35.5. The number of piperazine rings is 1. The van der Waals surface area contributed by atoms with Crippen LogP contribution in [0.4, 0.5) is 0 Å². The number of nitrogens with one attached hydrogen (secondary N) is 1. The molecule has 1 aliphatic rings. The topological polar surface area (TPSA) is 15.3 Å². The van der Waals surface area contributed by atoms with Gasteiger partial charge in [-0.3, -0.25) is 4.90 Å². The molecule has 2 rings (SSSR count). The van der Waals surface area contributed by atoms with Gasteiger partial charge in [-0.1, -0.05) is 41.4 Å². The Balaban J connectivity index is 0.00000180. The van der Waals surface area contributed by atoms with E-state index in [1.165, 1.54) is 0 Å². The number of benzene rings is 1. The summed E-state index contributed by atoms with van der Waals surface area (Å²) < 4.78 is 0. The first-order valence-corrected chi connectivity index (χ1v) is 6.99. The molecule has 0 aromatic heterocycles. The van der Waals surface area contributed by atoms with Gasteiger partial charge in [0, 0.05) is 32.2 Å². The van der Waals surface area contributed by atoms with Gasteiger partial charge in [0.2, 0.25) is 0 Å². The van der Waals surface area contributed by atoms with Crippen molar-refractivity contribution in [3.8, 4) is 0 Å². The van der Waals surface area contributed by atoms with Crippen molar-refractivity contribution < 1.29 is 0 Å². The van der Waals surface area contributed by atoms with Crippen LogP contribution in [0.5, 0.6) is 0 Å². The van der Waals surface area contributed by atoms with E-state index in [9.17, 15) is 0 Å². The molecule has 1 atom stereocenters. The lowest BCUT2D eigenvalue weighted by atomic mass is 10.0. The molecule has 20 heavy (non-hydrogen) atoms. The fourth-order valence-corrected chi connectivity index (χ4v) is 2.84. The minimum Gasteiger partial charge on any atom is -0.314 e. The van der Waals surface area contributed by atoms with E-state index in [1.54, 1.807) is 0 Å². The zero-order valence-corrected chi connectivity index (χ0v) is 14.3. The van der Waals surface area contributed by atoms with Crippen LogP contribution in [0.2, 0.25) is 10.0 Å². The molecule has 1 aromatic carbocycles. The molecule has 0 saturated carbocycles. The smallest absolute Gasteiger partial charge is 0.0640 e. The van der Waals surface area contributed by atoms with Crippen LogP contribution in [0, 0.1) is 0 Å². The Morgan fingerprint density at radius 1 is 1.25 bits per heavy atom. The van der Waals surface area contributed by atoms with Crippen LogP contribution in [0.15, 0.2) is 30.9 Å². The minimum atomic E-state index is 0. The second kappa shape index (κ2) is 9.88. The minimum absolute atomic E-state index is 0. The number of hydrogen-bond donors (Lipinski definition) is 1. The third-order valence-electron chi connectivity index (χ3n) is 3.32. The van der Waals surface area contributed by atoms with Crippen molar-refractivity contribution in [2.75, 3.05) is 26.2 Å². The summed E-state index contributed by atoms with van der Waals surface area (Å²) in [5, 5.41) is 4.66. The molecule has 2 nitrogen and oxygen atoms in total. The molecule has 0 bridgehead atoms. The average Bonchev–Trinajstić information content (AvgIpc) is 2.41. The lowest BCUT2D eigenvalue weighted by molar-refractivity contribution is 0.174. The van der Waals surface area contributed by atoms with E-state index >= 15 is 0 Å². The Hall–Kier alpha value is 0.0400. The molecule has 6 heteroatoms. The maximum atomic E-state index is 6.33. The summed E-state index contributed by atoms with van der Waals surface area (Å²) in [7, 11) is 0. The quantitative estimate of drug-likeness (QED) is 0.805. The van der Waals surface area contributed by atoms with Crippen molar-refractivity contribution in [2.45, 2.75) is 12.5 Å². The van der Waals surface area contributed by atoms with Crippen molar-refractivity contribution in [2.24, 2.45) is 0 Å². The lowest BCUT2D eigenvalue weighted by Crippen LogP contribution is -2.45. The first kappa shape index (κ1) is 20.0. The van der Waals surface area contributed by atoms with Crippen LogP contribution in [-0.2, 0) is 0 Å². The van der Waals surface area contributed by atoms with Gasteiger partial charge < -0.3 is 5.32 Å². The number of rotatable bonds is 4. The van der Waals surface area contributed by atoms with Crippen molar-refractivity contribution in [1.82, 2.24) is 10.2 Å². The number of halogens is 4. The molecule has 1 fully saturated rings. The first-order chi connectivity index (χ1) is 8.74. The second-order valence-corrected chi connectivity index (χ2v) is 5.25. The normalized spacial score (nSPS) is 16.7. The SMILES string of the molecule is C=CC[C@H](c1cccc(Cl)c1Cl)N1CCNCC1.Cl.Cl. The molecule has 1 heterocycles. The van der Waals surface area contributed by atoms with Gasteiger partial charge in [-0.15, -0.1) is 31.4 Å². The molecule has 0 amide bonds. The van der Waals surface area contributed by atoms with Crippen LogP contribution in [0.3, 0.4) is 0 Å². The fraction of sp³-hybridized carbons (Fsp3) is 0.429. The third kappa shape index (κ3) is 4.80. The van der Waals surface area contributed by atoms with Crippen LogP contribution >= 0.6 is 48.0 Å². The van der Waals surface area contributed by atoms with Crippen molar-refractivity contribution in [3.63, 3.8) is 0 Å². The largest absolute Gasteiger partial charge is 0.314 e. The van der Waals surface area contributed by atoms with E-state index in [4.69, 9.17) is 23.2 Å². The average molecular weight is 358 g/mol.